The summed E-state index contributed by atoms with van der Waals surface area (Å²) < 4.78 is 1.89. The minimum atomic E-state index is 0.759. The lowest BCUT2D eigenvalue weighted by Crippen LogP contribution is -2.25. The lowest BCUT2D eigenvalue weighted by atomic mass is 9.99. The van der Waals surface area contributed by atoms with E-state index in [4.69, 9.17) is 0 Å². The van der Waals surface area contributed by atoms with Crippen LogP contribution in [-0.4, -0.2) is 22.4 Å². The normalized spacial score (nSPS) is 18.0. The summed E-state index contributed by atoms with van der Waals surface area (Å²) in [5.41, 5.74) is 1.36. The maximum absolute atomic E-state index is 4.21. The van der Waals surface area contributed by atoms with E-state index in [1.54, 1.807) is 0 Å². The van der Waals surface area contributed by atoms with E-state index in [0.29, 0.717) is 0 Å². The zero-order valence-corrected chi connectivity index (χ0v) is 9.74. The SMILES string of the molecule is CCC(CNC1CC1)Cc1cnn(C)c1. The molecule has 1 aliphatic carbocycles. The predicted molar refractivity (Wildman–Crippen MR) is 61.7 cm³/mol. The van der Waals surface area contributed by atoms with E-state index in [9.17, 15) is 0 Å². The Bertz CT molecular complexity index is 302. The maximum Gasteiger partial charge on any atom is 0.0521 e. The van der Waals surface area contributed by atoms with Crippen molar-refractivity contribution < 1.29 is 0 Å². The molecule has 1 fully saturated rings. The topological polar surface area (TPSA) is 29.9 Å². The zero-order valence-electron chi connectivity index (χ0n) is 9.74. The number of rotatable bonds is 6. The van der Waals surface area contributed by atoms with E-state index in [1.165, 1.54) is 24.8 Å². The molecule has 0 amide bonds. The quantitative estimate of drug-likeness (QED) is 0.770. The highest BCUT2D eigenvalue weighted by molar-refractivity contribution is 5.04. The van der Waals surface area contributed by atoms with Crippen molar-refractivity contribution in [3.05, 3.63) is 18.0 Å². The number of nitrogens with zero attached hydrogens (tertiary/aromatic N) is 2. The third-order valence-corrected chi connectivity index (χ3v) is 3.13. The van der Waals surface area contributed by atoms with Gasteiger partial charge in [-0.15, -0.1) is 0 Å². The Labute approximate surface area is 91.9 Å². The Morgan fingerprint density at radius 2 is 2.40 bits per heavy atom. The van der Waals surface area contributed by atoms with Crippen LogP contribution < -0.4 is 5.32 Å². The smallest absolute Gasteiger partial charge is 0.0521 e. The number of hydrogen-bond donors (Lipinski definition) is 1. The molecule has 3 nitrogen and oxygen atoms in total. The Hall–Kier alpha value is -0.830. The predicted octanol–water partition coefficient (Wildman–Crippen LogP) is 1.74. The Balaban J connectivity index is 1.78. The molecule has 1 aliphatic rings. The molecule has 2 rings (SSSR count). The first-order valence-electron chi connectivity index (χ1n) is 5.99. The van der Waals surface area contributed by atoms with Crippen molar-refractivity contribution in [2.24, 2.45) is 13.0 Å². The van der Waals surface area contributed by atoms with Crippen LogP contribution in [0, 0.1) is 5.92 Å². The van der Waals surface area contributed by atoms with Crippen LogP contribution in [0.3, 0.4) is 0 Å². The molecule has 1 aromatic heterocycles. The van der Waals surface area contributed by atoms with Crippen molar-refractivity contribution in [3.8, 4) is 0 Å². The summed E-state index contributed by atoms with van der Waals surface area (Å²) in [5.74, 6) is 0.759. The molecule has 0 spiro atoms. The molecule has 0 aliphatic heterocycles. The minimum absolute atomic E-state index is 0.759. The van der Waals surface area contributed by atoms with Crippen LogP contribution in [0.4, 0.5) is 0 Å². The molecule has 3 heteroatoms. The standard InChI is InChI=1S/C12H21N3/c1-3-10(7-13-12-4-5-12)6-11-8-14-15(2)9-11/h8-10,12-13H,3-7H2,1-2H3. The van der Waals surface area contributed by atoms with Crippen molar-refractivity contribution in [1.29, 1.82) is 0 Å². The fourth-order valence-corrected chi connectivity index (χ4v) is 1.89. The van der Waals surface area contributed by atoms with Crippen LogP contribution >= 0.6 is 0 Å². The fraction of sp³-hybridized carbons (Fsp3) is 0.750. The van der Waals surface area contributed by atoms with Crippen molar-refractivity contribution >= 4 is 0 Å². The molecule has 0 aromatic carbocycles. The summed E-state index contributed by atoms with van der Waals surface area (Å²) in [7, 11) is 1.98. The monoisotopic (exact) mass is 207 g/mol. The van der Waals surface area contributed by atoms with E-state index < -0.39 is 0 Å². The van der Waals surface area contributed by atoms with Gasteiger partial charge in [-0.05, 0) is 37.3 Å². The first kappa shape index (κ1) is 10.7. The zero-order chi connectivity index (χ0) is 10.7. The second-order valence-electron chi connectivity index (χ2n) is 4.68. The van der Waals surface area contributed by atoms with Gasteiger partial charge >= 0.3 is 0 Å². The number of nitrogens with one attached hydrogen (secondary N) is 1. The van der Waals surface area contributed by atoms with Gasteiger partial charge in [-0.1, -0.05) is 13.3 Å². The molecular formula is C12H21N3. The first-order chi connectivity index (χ1) is 7.28. The lowest BCUT2D eigenvalue weighted by molar-refractivity contribution is 0.458. The third kappa shape index (κ3) is 3.34. The Morgan fingerprint density at radius 3 is 2.93 bits per heavy atom. The van der Waals surface area contributed by atoms with Crippen molar-refractivity contribution in [2.75, 3.05) is 6.54 Å². The van der Waals surface area contributed by atoms with Gasteiger partial charge in [-0.25, -0.2) is 0 Å². The minimum Gasteiger partial charge on any atom is -0.314 e. The molecule has 0 saturated heterocycles. The summed E-state index contributed by atoms with van der Waals surface area (Å²) in [6, 6.07) is 0.827. The second-order valence-corrected chi connectivity index (χ2v) is 4.68. The van der Waals surface area contributed by atoms with E-state index >= 15 is 0 Å². The molecule has 0 bridgehead atoms. The summed E-state index contributed by atoms with van der Waals surface area (Å²) in [4.78, 5) is 0. The van der Waals surface area contributed by atoms with Gasteiger partial charge in [0.1, 0.15) is 0 Å². The van der Waals surface area contributed by atoms with E-state index in [1.807, 2.05) is 17.9 Å². The van der Waals surface area contributed by atoms with E-state index in [0.717, 1.165) is 24.9 Å². The van der Waals surface area contributed by atoms with Gasteiger partial charge in [0.2, 0.25) is 0 Å². The number of hydrogen-bond acceptors (Lipinski definition) is 2. The molecular weight excluding hydrogens is 186 g/mol. The second kappa shape index (κ2) is 4.79. The van der Waals surface area contributed by atoms with Crippen LogP contribution in [0.15, 0.2) is 12.4 Å². The van der Waals surface area contributed by atoms with Gasteiger partial charge < -0.3 is 5.32 Å². The van der Waals surface area contributed by atoms with Crippen LogP contribution in [0.1, 0.15) is 31.7 Å². The van der Waals surface area contributed by atoms with Gasteiger partial charge in [0.15, 0.2) is 0 Å². The van der Waals surface area contributed by atoms with E-state index in [-0.39, 0.29) is 0 Å². The molecule has 1 atom stereocenters. The first-order valence-corrected chi connectivity index (χ1v) is 5.99. The van der Waals surface area contributed by atoms with Crippen molar-refractivity contribution in [3.63, 3.8) is 0 Å². The molecule has 1 aromatic rings. The largest absolute Gasteiger partial charge is 0.314 e. The van der Waals surface area contributed by atoms with Gasteiger partial charge in [0.05, 0.1) is 6.20 Å². The van der Waals surface area contributed by atoms with Gasteiger partial charge in [-0.3, -0.25) is 4.68 Å². The molecule has 15 heavy (non-hydrogen) atoms. The average Bonchev–Trinajstić information content (AvgIpc) is 2.97. The summed E-state index contributed by atoms with van der Waals surface area (Å²) in [6.45, 7) is 3.44. The summed E-state index contributed by atoms with van der Waals surface area (Å²) >= 11 is 0. The molecule has 1 unspecified atom stereocenters. The number of aromatic nitrogens is 2. The molecule has 1 saturated carbocycles. The number of aryl methyl sites for hydroxylation is 1. The van der Waals surface area contributed by atoms with E-state index in [2.05, 4.69) is 23.5 Å². The van der Waals surface area contributed by atoms with Gasteiger partial charge in [0, 0.05) is 19.3 Å². The summed E-state index contributed by atoms with van der Waals surface area (Å²) in [5, 5.41) is 7.82. The van der Waals surface area contributed by atoms with Crippen molar-refractivity contribution in [1.82, 2.24) is 15.1 Å². The average molecular weight is 207 g/mol. The highest BCUT2D eigenvalue weighted by Gasteiger charge is 2.21. The van der Waals surface area contributed by atoms with Crippen LogP contribution in [0.25, 0.3) is 0 Å². The third-order valence-electron chi connectivity index (χ3n) is 3.13. The molecule has 1 N–H and O–H groups in total. The summed E-state index contributed by atoms with van der Waals surface area (Å²) in [6.07, 6.45) is 9.27. The Morgan fingerprint density at radius 1 is 1.60 bits per heavy atom. The van der Waals surface area contributed by atoms with Gasteiger partial charge in [-0.2, -0.15) is 5.10 Å². The van der Waals surface area contributed by atoms with Crippen LogP contribution in [0.5, 0.6) is 0 Å². The lowest BCUT2D eigenvalue weighted by Gasteiger charge is -2.14. The fourth-order valence-electron chi connectivity index (χ4n) is 1.89. The molecule has 1 heterocycles. The van der Waals surface area contributed by atoms with Crippen molar-refractivity contribution in [2.45, 2.75) is 38.6 Å². The molecule has 0 radical (unpaired) electrons. The highest BCUT2D eigenvalue weighted by atomic mass is 15.2. The Kier molecular flexibility index (Phi) is 3.41. The van der Waals surface area contributed by atoms with Gasteiger partial charge in [0.25, 0.3) is 0 Å². The highest BCUT2D eigenvalue weighted by Crippen LogP contribution is 2.20. The van der Waals surface area contributed by atoms with Crippen LogP contribution in [-0.2, 0) is 13.5 Å². The maximum atomic E-state index is 4.21. The molecule has 84 valence electrons. The van der Waals surface area contributed by atoms with Crippen LogP contribution in [0.2, 0.25) is 0 Å².